The fourth-order valence-electron chi connectivity index (χ4n) is 2.05. The summed E-state index contributed by atoms with van der Waals surface area (Å²) in [5.41, 5.74) is 3.10. The van der Waals surface area contributed by atoms with Gasteiger partial charge in [-0.25, -0.2) is 4.98 Å². The third kappa shape index (κ3) is 4.54. The highest BCUT2D eigenvalue weighted by atomic mass is 15.1. The fourth-order valence-corrected chi connectivity index (χ4v) is 2.05. The molecule has 1 aromatic carbocycles. The SMILES string of the molecule is CN(CCNC(C)(C)C)Cc1cnc2ccccc2n1. The van der Waals surface area contributed by atoms with Crippen LogP contribution < -0.4 is 5.32 Å². The van der Waals surface area contributed by atoms with Crippen LogP contribution in [0.2, 0.25) is 0 Å². The first kappa shape index (κ1) is 14.9. The third-order valence-electron chi connectivity index (χ3n) is 3.08. The molecule has 0 aliphatic heterocycles. The number of hydrogen-bond donors (Lipinski definition) is 1. The van der Waals surface area contributed by atoms with E-state index in [1.165, 1.54) is 0 Å². The lowest BCUT2D eigenvalue weighted by atomic mass is 10.1. The molecule has 4 nitrogen and oxygen atoms in total. The van der Waals surface area contributed by atoms with Gasteiger partial charge in [0, 0.05) is 25.2 Å². The van der Waals surface area contributed by atoms with E-state index in [9.17, 15) is 0 Å². The second kappa shape index (κ2) is 6.29. The van der Waals surface area contributed by atoms with Gasteiger partial charge in [-0.15, -0.1) is 0 Å². The molecule has 1 aromatic heterocycles. The molecule has 0 spiro atoms. The van der Waals surface area contributed by atoms with E-state index in [2.05, 4.69) is 48.0 Å². The molecule has 108 valence electrons. The molecule has 1 N–H and O–H groups in total. The molecule has 0 aliphatic rings. The predicted octanol–water partition coefficient (Wildman–Crippen LogP) is 2.45. The molecule has 0 saturated carbocycles. The zero-order valence-electron chi connectivity index (χ0n) is 12.8. The van der Waals surface area contributed by atoms with Gasteiger partial charge in [-0.2, -0.15) is 0 Å². The van der Waals surface area contributed by atoms with Crippen molar-refractivity contribution in [1.29, 1.82) is 0 Å². The number of nitrogens with zero attached hydrogens (tertiary/aromatic N) is 3. The van der Waals surface area contributed by atoms with Crippen molar-refractivity contribution in [3.63, 3.8) is 0 Å². The lowest BCUT2D eigenvalue weighted by Gasteiger charge is -2.23. The molecule has 2 aromatic rings. The fraction of sp³-hybridized carbons (Fsp3) is 0.500. The van der Waals surface area contributed by atoms with Crippen molar-refractivity contribution < 1.29 is 0 Å². The maximum absolute atomic E-state index is 4.65. The van der Waals surface area contributed by atoms with Crippen molar-refractivity contribution in [3.05, 3.63) is 36.2 Å². The molecule has 0 amide bonds. The number of aromatic nitrogens is 2. The molecule has 0 atom stereocenters. The Balaban J connectivity index is 1.91. The monoisotopic (exact) mass is 272 g/mol. The summed E-state index contributed by atoms with van der Waals surface area (Å²) < 4.78 is 0. The van der Waals surface area contributed by atoms with Gasteiger partial charge < -0.3 is 5.32 Å². The van der Waals surface area contributed by atoms with Gasteiger partial charge in [0.15, 0.2) is 0 Å². The Morgan fingerprint density at radius 3 is 2.55 bits per heavy atom. The average molecular weight is 272 g/mol. The van der Waals surface area contributed by atoms with Gasteiger partial charge in [-0.3, -0.25) is 9.88 Å². The van der Waals surface area contributed by atoms with Gasteiger partial charge in [0.05, 0.1) is 22.9 Å². The molecule has 1 heterocycles. The first-order valence-electron chi connectivity index (χ1n) is 7.08. The summed E-state index contributed by atoms with van der Waals surface area (Å²) in [4.78, 5) is 11.4. The highest BCUT2D eigenvalue weighted by Crippen LogP contribution is 2.09. The van der Waals surface area contributed by atoms with Gasteiger partial charge >= 0.3 is 0 Å². The number of likely N-dealkylation sites (N-methyl/N-ethyl adjacent to an activating group) is 1. The number of hydrogen-bond acceptors (Lipinski definition) is 4. The van der Waals surface area contributed by atoms with Gasteiger partial charge in [0.2, 0.25) is 0 Å². The van der Waals surface area contributed by atoms with Crippen LogP contribution in [0.15, 0.2) is 30.5 Å². The summed E-state index contributed by atoms with van der Waals surface area (Å²) >= 11 is 0. The maximum Gasteiger partial charge on any atom is 0.0890 e. The summed E-state index contributed by atoms with van der Waals surface area (Å²) in [5.74, 6) is 0. The van der Waals surface area contributed by atoms with E-state index in [0.717, 1.165) is 36.4 Å². The summed E-state index contributed by atoms with van der Waals surface area (Å²) in [5, 5.41) is 3.49. The van der Waals surface area contributed by atoms with E-state index in [-0.39, 0.29) is 5.54 Å². The topological polar surface area (TPSA) is 41.0 Å². The Kier molecular flexibility index (Phi) is 4.68. The smallest absolute Gasteiger partial charge is 0.0890 e. The van der Waals surface area contributed by atoms with Crippen LogP contribution in [0.5, 0.6) is 0 Å². The van der Waals surface area contributed by atoms with Crippen LogP contribution in [0.1, 0.15) is 26.5 Å². The van der Waals surface area contributed by atoms with Gasteiger partial charge in [-0.05, 0) is 40.0 Å². The van der Waals surface area contributed by atoms with E-state index in [1.807, 2.05) is 30.5 Å². The molecular formula is C16H24N4. The number of benzene rings is 1. The van der Waals surface area contributed by atoms with Gasteiger partial charge in [-0.1, -0.05) is 12.1 Å². The molecule has 4 heteroatoms. The van der Waals surface area contributed by atoms with Crippen molar-refractivity contribution in [2.75, 3.05) is 20.1 Å². The van der Waals surface area contributed by atoms with Crippen LogP contribution in [0, 0.1) is 0 Å². The first-order valence-corrected chi connectivity index (χ1v) is 7.08. The normalized spacial score (nSPS) is 12.2. The molecule has 2 rings (SSSR count). The van der Waals surface area contributed by atoms with Crippen molar-refractivity contribution in [3.8, 4) is 0 Å². The average Bonchev–Trinajstić information content (AvgIpc) is 2.37. The molecule has 0 fully saturated rings. The van der Waals surface area contributed by atoms with Crippen molar-refractivity contribution in [1.82, 2.24) is 20.2 Å². The molecule has 0 aliphatic carbocycles. The highest BCUT2D eigenvalue weighted by molar-refractivity contribution is 5.73. The number of fused-ring (bicyclic) bond motifs is 1. The van der Waals surface area contributed by atoms with Crippen LogP contribution >= 0.6 is 0 Å². The van der Waals surface area contributed by atoms with Crippen molar-refractivity contribution >= 4 is 11.0 Å². The Morgan fingerprint density at radius 1 is 1.15 bits per heavy atom. The Morgan fingerprint density at radius 2 is 1.85 bits per heavy atom. The van der Waals surface area contributed by atoms with Crippen LogP contribution in [0.25, 0.3) is 11.0 Å². The second-order valence-corrected chi connectivity index (χ2v) is 6.26. The molecule has 0 bridgehead atoms. The maximum atomic E-state index is 4.65. The van der Waals surface area contributed by atoms with E-state index >= 15 is 0 Å². The minimum absolute atomic E-state index is 0.170. The molecule has 20 heavy (non-hydrogen) atoms. The van der Waals surface area contributed by atoms with E-state index in [1.54, 1.807) is 0 Å². The number of nitrogens with one attached hydrogen (secondary N) is 1. The molecular weight excluding hydrogens is 248 g/mol. The summed E-state index contributed by atoms with van der Waals surface area (Å²) in [6, 6.07) is 7.98. The van der Waals surface area contributed by atoms with E-state index < -0.39 is 0 Å². The Hall–Kier alpha value is -1.52. The predicted molar refractivity (Wildman–Crippen MR) is 83.6 cm³/mol. The van der Waals surface area contributed by atoms with Crippen molar-refractivity contribution in [2.24, 2.45) is 0 Å². The summed E-state index contributed by atoms with van der Waals surface area (Å²) in [6.45, 7) is 9.34. The van der Waals surface area contributed by atoms with E-state index in [4.69, 9.17) is 0 Å². The molecule has 0 unspecified atom stereocenters. The number of para-hydroxylation sites is 2. The lowest BCUT2D eigenvalue weighted by Crippen LogP contribution is -2.40. The van der Waals surface area contributed by atoms with Gasteiger partial charge in [0.25, 0.3) is 0 Å². The Bertz CT molecular complexity index is 560. The molecule has 0 saturated heterocycles. The minimum Gasteiger partial charge on any atom is -0.311 e. The van der Waals surface area contributed by atoms with Crippen LogP contribution in [-0.4, -0.2) is 40.5 Å². The van der Waals surface area contributed by atoms with Crippen LogP contribution in [-0.2, 0) is 6.54 Å². The zero-order chi connectivity index (χ0) is 14.6. The van der Waals surface area contributed by atoms with Crippen LogP contribution in [0.3, 0.4) is 0 Å². The second-order valence-electron chi connectivity index (χ2n) is 6.26. The largest absolute Gasteiger partial charge is 0.311 e. The van der Waals surface area contributed by atoms with Crippen molar-refractivity contribution in [2.45, 2.75) is 32.9 Å². The Labute approximate surface area is 121 Å². The first-order chi connectivity index (χ1) is 9.44. The van der Waals surface area contributed by atoms with Gasteiger partial charge in [0.1, 0.15) is 0 Å². The third-order valence-corrected chi connectivity index (χ3v) is 3.08. The quantitative estimate of drug-likeness (QED) is 0.907. The highest BCUT2D eigenvalue weighted by Gasteiger charge is 2.09. The summed E-state index contributed by atoms with van der Waals surface area (Å²) in [6.07, 6.45) is 1.87. The summed E-state index contributed by atoms with van der Waals surface area (Å²) in [7, 11) is 2.11. The number of rotatable bonds is 5. The zero-order valence-corrected chi connectivity index (χ0v) is 12.8. The molecule has 0 radical (unpaired) electrons. The standard InChI is InChI=1S/C16H24N4/c1-16(2,3)18-9-10-20(4)12-13-11-17-14-7-5-6-8-15(14)19-13/h5-8,11,18H,9-10,12H2,1-4H3. The van der Waals surface area contributed by atoms with E-state index in [0.29, 0.717) is 0 Å². The minimum atomic E-state index is 0.170. The van der Waals surface area contributed by atoms with Crippen LogP contribution in [0.4, 0.5) is 0 Å². The lowest BCUT2D eigenvalue weighted by molar-refractivity contribution is 0.300.